The number of hydrazine groups is 1. The van der Waals surface area contributed by atoms with Crippen LogP contribution in [0.25, 0.3) is 0 Å². The van der Waals surface area contributed by atoms with Crippen LogP contribution >= 0.6 is 12.2 Å². The highest BCUT2D eigenvalue weighted by atomic mass is 32.1. The molecular weight excluding hydrogens is 318 g/mol. The van der Waals surface area contributed by atoms with Gasteiger partial charge in [-0.05, 0) is 64.9 Å². The topological polar surface area (TPSA) is 53.9 Å². The van der Waals surface area contributed by atoms with Gasteiger partial charge < -0.3 is 5.32 Å². The number of anilines is 1. The first-order valence-corrected chi connectivity index (χ1v) is 8.51. The molecular formula is C18H27N5S. The molecule has 0 bridgehead atoms. The molecule has 0 aliphatic carbocycles. The lowest BCUT2D eigenvalue weighted by Gasteiger charge is -2.22. The Morgan fingerprint density at radius 2 is 1.83 bits per heavy atom. The second-order valence-corrected chi connectivity index (χ2v) is 7.49. The van der Waals surface area contributed by atoms with E-state index in [9.17, 15) is 0 Å². The van der Waals surface area contributed by atoms with Crippen molar-refractivity contribution in [2.24, 2.45) is 0 Å². The Morgan fingerprint density at radius 1 is 1.17 bits per heavy atom. The minimum Gasteiger partial charge on any atom is -0.329 e. The highest BCUT2D eigenvalue weighted by Gasteiger charge is 2.14. The van der Waals surface area contributed by atoms with Crippen LogP contribution in [-0.4, -0.2) is 20.4 Å². The molecule has 0 spiro atoms. The van der Waals surface area contributed by atoms with E-state index >= 15 is 0 Å². The average Bonchev–Trinajstić information content (AvgIpc) is 2.74. The molecule has 24 heavy (non-hydrogen) atoms. The van der Waals surface area contributed by atoms with E-state index in [1.165, 1.54) is 11.1 Å². The highest BCUT2D eigenvalue weighted by Crippen LogP contribution is 2.21. The SMILES string of the molecule is Cc1ccccc1Cn1nc(C)c(NC(=S)NNC(C)(C)C)c1C. The van der Waals surface area contributed by atoms with Gasteiger partial charge in [-0.15, -0.1) is 0 Å². The van der Waals surface area contributed by atoms with Crippen LogP contribution in [0.1, 0.15) is 43.3 Å². The normalized spacial score (nSPS) is 11.4. The summed E-state index contributed by atoms with van der Waals surface area (Å²) in [5, 5.41) is 8.44. The van der Waals surface area contributed by atoms with Crippen LogP contribution in [0.5, 0.6) is 0 Å². The Labute approximate surface area is 149 Å². The van der Waals surface area contributed by atoms with Crippen LogP contribution in [0, 0.1) is 20.8 Å². The largest absolute Gasteiger partial charge is 0.329 e. The molecule has 0 fully saturated rings. The lowest BCUT2D eigenvalue weighted by atomic mass is 10.1. The number of rotatable bonds is 4. The van der Waals surface area contributed by atoms with Gasteiger partial charge in [0.2, 0.25) is 0 Å². The summed E-state index contributed by atoms with van der Waals surface area (Å²) in [6.07, 6.45) is 0. The lowest BCUT2D eigenvalue weighted by molar-refractivity contribution is 0.405. The van der Waals surface area contributed by atoms with Gasteiger partial charge >= 0.3 is 0 Å². The molecule has 0 aliphatic heterocycles. The zero-order valence-corrected chi connectivity index (χ0v) is 16.1. The van der Waals surface area contributed by atoms with Crippen molar-refractivity contribution in [3.05, 3.63) is 46.8 Å². The molecule has 0 aliphatic rings. The number of nitrogens with zero attached hydrogens (tertiary/aromatic N) is 2. The minimum atomic E-state index is -0.0646. The van der Waals surface area contributed by atoms with Crippen LogP contribution in [0.15, 0.2) is 24.3 Å². The number of hydrogen-bond donors (Lipinski definition) is 3. The highest BCUT2D eigenvalue weighted by molar-refractivity contribution is 7.80. The van der Waals surface area contributed by atoms with Crippen LogP contribution in [0.4, 0.5) is 5.69 Å². The van der Waals surface area contributed by atoms with Gasteiger partial charge in [-0.3, -0.25) is 10.1 Å². The van der Waals surface area contributed by atoms with E-state index in [1.54, 1.807) is 0 Å². The average molecular weight is 346 g/mol. The van der Waals surface area contributed by atoms with E-state index in [1.807, 2.05) is 11.6 Å². The maximum absolute atomic E-state index is 5.36. The summed E-state index contributed by atoms with van der Waals surface area (Å²) in [6.45, 7) is 13.1. The summed E-state index contributed by atoms with van der Waals surface area (Å²) in [5.41, 5.74) is 11.6. The second kappa shape index (κ2) is 7.32. The first-order chi connectivity index (χ1) is 11.2. The van der Waals surface area contributed by atoms with Crippen molar-refractivity contribution in [1.29, 1.82) is 0 Å². The van der Waals surface area contributed by atoms with E-state index in [-0.39, 0.29) is 5.54 Å². The fourth-order valence-electron chi connectivity index (χ4n) is 2.37. The first-order valence-electron chi connectivity index (χ1n) is 8.10. The predicted molar refractivity (Wildman–Crippen MR) is 104 cm³/mol. The Bertz CT molecular complexity index is 727. The lowest BCUT2D eigenvalue weighted by Crippen LogP contribution is -2.50. The molecule has 2 rings (SSSR count). The van der Waals surface area contributed by atoms with E-state index in [2.05, 4.69) is 80.2 Å². The van der Waals surface area contributed by atoms with Crippen molar-refractivity contribution < 1.29 is 0 Å². The molecule has 1 aromatic heterocycles. The van der Waals surface area contributed by atoms with Crippen molar-refractivity contribution in [2.45, 2.75) is 53.6 Å². The van der Waals surface area contributed by atoms with Gasteiger partial charge in [0.1, 0.15) is 0 Å². The maximum atomic E-state index is 5.36. The molecule has 1 heterocycles. The fourth-order valence-corrected chi connectivity index (χ4v) is 2.52. The smallest absolute Gasteiger partial charge is 0.185 e. The Morgan fingerprint density at radius 3 is 2.46 bits per heavy atom. The summed E-state index contributed by atoms with van der Waals surface area (Å²) in [5.74, 6) is 0. The number of nitrogens with one attached hydrogen (secondary N) is 3. The molecule has 0 unspecified atom stereocenters. The Balaban J connectivity index is 2.11. The minimum absolute atomic E-state index is 0.0646. The molecule has 0 radical (unpaired) electrons. The summed E-state index contributed by atoms with van der Waals surface area (Å²) in [4.78, 5) is 0. The number of aryl methyl sites for hydroxylation is 2. The van der Waals surface area contributed by atoms with Gasteiger partial charge in [0.05, 0.1) is 23.6 Å². The molecule has 2 aromatic rings. The van der Waals surface area contributed by atoms with Crippen molar-refractivity contribution in [2.75, 3.05) is 5.32 Å². The van der Waals surface area contributed by atoms with Crippen LogP contribution in [-0.2, 0) is 6.54 Å². The molecule has 3 N–H and O–H groups in total. The van der Waals surface area contributed by atoms with Gasteiger partial charge in [0.25, 0.3) is 0 Å². The van der Waals surface area contributed by atoms with Crippen molar-refractivity contribution in [3.63, 3.8) is 0 Å². The standard InChI is InChI=1S/C18H27N5S/c1-12-9-7-8-10-15(12)11-23-14(3)16(13(2)21-23)19-17(24)20-22-18(4,5)6/h7-10,22H,11H2,1-6H3,(H2,19,20,24). The van der Waals surface area contributed by atoms with E-state index in [0.29, 0.717) is 5.11 Å². The third-order valence-corrected chi connectivity index (χ3v) is 3.96. The number of aromatic nitrogens is 2. The second-order valence-electron chi connectivity index (χ2n) is 7.08. The van der Waals surface area contributed by atoms with Crippen molar-refractivity contribution in [3.8, 4) is 0 Å². The van der Waals surface area contributed by atoms with Gasteiger partial charge in [-0.2, -0.15) is 5.10 Å². The molecule has 130 valence electrons. The van der Waals surface area contributed by atoms with E-state index < -0.39 is 0 Å². The van der Waals surface area contributed by atoms with E-state index in [4.69, 9.17) is 12.2 Å². The third-order valence-electron chi connectivity index (χ3n) is 3.75. The summed E-state index contributed by atoms with van der Waals surface area (Å²) >= 11 is 5.36. The van der Waals surface area contributed by atoms with Crippen LogP contribution in [0.3, 0.4) is 0 Å². The number of hydrogen-bond acceptors (Lipinski definition) is 3. The number of thiocarbonyl (C=S) groups is 1. The molecule has 0 atom stereocenters. The van der Waals surface area contributed by atoms with Gasteiger partial charge in [0, 0.05) is 5.54 Å². The zero-order valence-electron chi connectivity index (χ0n) is 15.3. The van der Waals surface area contributed by atoms with Crippen molar-refractivity contribution >= 4 is 23.0 Å². The quantitative estimate of drug-likeness (QED) is 0.585. The molecule has 0 amide bonds. The molecule has 0 saturated carbocycles. The zero-order chi connectivity index (χ0) is 17.9. The van der Waals surface area contributed by atoms with Crippen LogP contribution in [0.2, 0.25) is 0 Å². The van der Waals surface area contributed by atoms with Gasteiger partial charge in [0.15, 0.2) is 5.11 Å². The molecule has 0 saturated heterocycles. The Kier molecular flexibility index (Phi) is 5.62. The van der Waals surface area contributed by atoms with Crippen molar-refractivity contribution in [1.82, 2.24) is 20.6 Å². The molecule has 6 heteroatoms. The predicted octanol–water partition coefficient (Wildman–Crippen LogP) is 3.45. The fraction of sp³-hybridized carbons (Fsp3) is 0.444. The summed E-state index contributed by atoms with van der Waals surface area (Å²) in [6, 6.07) is 8.37. The molecule has 5 nitrogen and oxygen atoms in total. The third kappa shape index (κ3) is 4.79. The summed E-state index contributed by atoms with van der Waals surface area (Å²) in [7, 11) is 0. The van der Waals surface area contributed by atoms with Crippen LogP contribution < -0.4 is 16.2 Å². The molecule has 1 aromatic carbocycles. The van der Waals surface area contributed by atoms with Gasteiger partial charge in [-0.1, -0.05) is 24.3 Å². The summed E-state index contributed by atoms with van der Waals surface area (Å²) < 4.78 is 2.01. The Hall–Kier alpha value is -1.92. The number of benzene rings is 1. The van der Waals surface area contributed by atoms with Gasteiger partial charge in [-0.25, -0.2) is 5.43 Å². The first kappa shape index (κ1) is 18.4. The maximum Gasteiger partial charge on any atom is 0.185 e. The van der Waals surface area contributed by atoms with E-state index in [0.717, 1.165) is 23.6 Å². The monoisotopic (exact) mass is 345 g/mol.